The topological polar surface area (TPSA) is 104 Å². The second-order valence-corrected chi connectivity index (χ2v) is 10.7. The third-order valence-corrected chi connectivity index (χ3v) is 7.87. The van der Waals surface area contributed by atoms with E-state index in [-0.39, 0.29) is 11.3 Å². The van der Waals surface area contributed by atoms with Crippen LogP contribution in [0.3, 0.4) is 0 Å². The summed E-state index contributed by atoms with van der Waals surface area (Å²) in [5.41, 5.74) is 2.82. The Balaban J connectivity index is 1.30. The summed E-state index contributed by atoms with van der Waals surface area (Å²) in [6.07, 6.45) is 0.213. The molecule has 0 aliphatic carbocycles. The number of hydrogen-bond donors (Lipinski definition) is 4. The first kappa shape index (κ1) is 29.1. The normalized spacial score (nSPS) is 12.6. The van der Waals surface area contributed by atoms with E-state index in [9.17, 15) is 22.8 Å². The number of aromatic nitrogens is 3. The third kappa shape index (κ3) is 5.78. The molecule has 1 aliphatic heterocycles. The van der Waals surface area contributed by atoms with Gasteiger partial charge in [0, 0.05) is 41.4 Å². The van der Waals surface area contributed by atoms with E-state index in [0.717, 1.165) is 25.1 Å². The van der Waals surface area contributed by atoms with Crippen molar-refractivity contribution in [3.05, 3.63) is 112 Å². The number of nitrogens with zero attached hydrogens (tertiary/aromatic N) is 2. The molecule has 0 fully saturated rings. The zero-order chi connectivity index (χ0) is 31.0. The molecule has 0 saturated carbocycles. The van der Waals surface area contributed by atoms with Crippen LogP contribution in [0.5, 0.6) is 0 Å². The maximum absolute atomic E-state index is 13.6. The number of allylic oxidation sites excluding steroid dienone is 1. The number of H-pyrrole nitrogens is 1. The van der Waals surface area contributed by atoms with Crippen LogP contribution in [0.2, 0.25) is 5.02 Å². The highest BCUT2D eigenvalue weighted by Gasteiger charge is 2.35. The first-order valence-electron chi connectivity index (χ1n) is 13.7. The number of amides is 2. The number of nitrogens with one attached hydrogen (secondary N) is 4. The van der Waals surface area contributed by atoms with Crippen LogP contribution in [0, 0.1) is 6.92 Å². The minimum absolute atomic E-state index is 0.0990. The molecule has 2 aromatic heterocycles. The minimum Gasteiger partial charge on any atom is -0.355 e. The molecule has 1 aliphatic rings. The highest BCUT2D eigenvalue weighted by atomic mass is 35.5. The molecular weight excluding hydrogens is 593 g/mol. The van der Waals surface area contributed by atoms with E-state index in [1.807, 2.05) is 12.3 Å². The molecule has 5 aromatic rings. The van der Waals surface area contributed by atoms with Crippen molar-refractivity contribution in [1.82, 2.24) is 14.5 Å². The van der Waals surface area contributed by atoms with Gasteiger partial charge in [0.25, 0.3) is 11.8 Å². The summed E-state index contributed by atoms with van der Waals surface area (Å²) in [5.74, 6) is -1.11. The number of carbonyl (C=O) groups is 2. The van der Waals surface area contributed by atoms with Crippen molar-refractivity contribution in [1.29, 1.82) is 0 Å². The van der Waals surface area contributed by atoms with Crippen LogP contribution >= 0.6 is 11.6 Å². The molecule has 4 N–H and O–H groups in total. The fourth-order valence-electron chi connectivity index (χ4n) is 5.23. The molecule has 2 amide bonds. The summed E-state index contributed by atoms with van der Waals surface area (Å²) >= 11 is 6.23. The molecule has 44 heavy (non-hydrogen) atoms. The van der Waals surface area contributed by atoms with Crippen LogP contribution < -0.4 is 16.0 Å². The molecule has 8 nitrogen and oxygen atoms in total. The highest BCUT2D eigenvalue weighted by Crippen LogP contribution is 2.33. The zero-order valence-corrected chi connectivity index (χ0v) is 24.1. The van der Waals surface area contributed by atoms with Gasteiger partial charge >= 0.3 is 6.18 Å². The van der Waals surface area contributed by atoms with E-state index in [1.165, 1.54) is 35.5 Å². The van der Waals surface area contributed by atoms with Gasteiger partial charge < -0.3 is 25.5 Å². The molecule has 0 spiro atoms. The molecule has 224 valence electrons. The molecule has 3 heterocycles. The van der Waals surface area contributed by atoms with Crippen molar-refractivity contribution in [2.24, 2.45) is 0 Å². The Hall–Kier alpha value is -5.03. The number of fused-ring (bicyclic) bond motifs is 2. The van der Waals surface area contributed by atoms with E-state index in [1.54, 1.807) is 25.1 Å². The standard InChI is InChI=1S/C32H26ClF3N6O2/c1-18-24(33)8-4-9-25(18)39-30(44)22-16-20(38-29(43)21-6-2-3-7-23(21)32(34,35)36)17-26-28(22)41-31(40-26)37-13-11-19-12-15-42-14-5-10-27(19)42/h2-10,12,14,16-17H,11,13,15H2,1H3,(H,38,43)(H,39,44)(H2,37,40,41). The van der Waals surface area contributed by atoms with Gasteiger partial charge in [-0.2, -0.15) is 13.2 Å². The molecule has 0 saturated heterocycles. The Morgan fingerprint density at radius 1 is 1.00 bits per heavy atom. The van der Waals surface area contributed by atoms with Crippen molar-refractivity contribution in [3.63, 3.8) is 0 Å². The number of rotatable bonds is 8. The Bertz CT molecular complexity index is 1940. The third-order valence-electron chi connectivity index (χ3n) is 7.46. The maximum atomic E-state index is 13.6. The molecule has 0 unspecified atom stereocenters. The average molecular weight is 619 g/mol. The first-order valence-corrected chi connectivity index (χ1v) is 14.1. The van der Waals surface area contributed by atoms with Crippen LogP contribution in [0.15, 0.2) is 79.0 Å². The van der Waals surface area contributed by atoms with Gasteiger partial charge in [-0.1, -0.05) is 35.9 Å². The van der Waals surface area contributed by atoms with Gasteiger partial charge in [-0.3, -0.25) is 9.59 Å². The number of anilines is 3. The van der Waals surface area contributed by atoms with Gasteiger partial charge in [-0.25, -0.2) is 4.98 Å². The van der Waals surface area contributed by atoms with Crippen molar-refractivity contribution >= 4 is 57.3 Å². The lowest BCUT2D eigenvalue weighted by Gasteiger charge is -2.14. The Labute approximate surface area is 254 Å². The highest BCUT2D eigenvalue weighted by molar-refractivity contribution is 6.32. The SMILES string of the molecule is Cc1c(Cl)cccc1NC(=O)c1cc(NC(=O)c2ccccc2C(F)(F)F)cc2[nH]c(NCCC3=CCn4cccc43)nc12. The van der Waals surface area contributed by atoms with Crippen LogP contribution in [-0.2, 0) is 12.7 Å². The summed E-state index contributed by atoms with van der Waals surface area (Å²) in [7, 11) is 0. The molecule has 0 bridgehead atoms. The van der Waals surface area contributed by atoms with E-state index in [4.69, 9.17) is 11.6 Å². The maximum Gasteiger partial charge on any atom is 0.417 e. The first-order chi connectivity index (χ1) is 21.1. The van der Waals surface area contributed by atoms with Crippen molar-refractivity contribution in [2.45, 2.75) is 26.1 Å². The quantitative estimate of drug-likeness (QED) is 0.143. The number of aromatic amines is 1. The van der Waals surface area contributed by atoms with E-state index in [0.29, 0.717) is 39.8 Å². The van der Waals surface area contributed by atoms with E-state index in [2.05, 4.69) is 42.6 Å². The number of benzene rings is 3. The summed E-state index contributed by atoms with van der Waals surface area (Å²) in [5, 5.41) is 9.06. The number of halogens is 4. The summed E-state index contributed by atoms with van der Waals surface area (Å²) in [6.45, 7) is 3.14. The summed E-state index contributed by atoms with van der Waals surface area (Å²) < 4.78 is 42.9. The van der Waals surface area contributed by atoms with Gasteiger partial charge in [-0.15, -0.1) is 0 Å². The van der Waals surface area contributed by atoms with Crippen molar-refractivity contribution < 1.29 is 22.8 Å². The molecule has 0 atom stereocenters. The van der Waals surface area contributed by atoms with Crippen molar-refractivity contribution in [3.8, 4) is 0 Å². The zero-order valence-electron chi connectivity index (χ0n) is 23.3. The van der Waals surface area contributed by atoms with Crippen LogP contribution in [0.25, 0.3) is 16.6 Å². The fourth-order valence-corrected chi connectivity index (χ4v) is 5.40. The second kappa shape index (κ2) is 11.6. The lowest BCUT2D eigenvalue weighted by molar-refractivity contribution is -0.137. The Morgan fingerprint density at radius 2 is 1.80 bits per heavy atom. The van der Waals surface area contributed by atoms with Gasteiger partial charge in [0.1, 0.15) is 5.52 Å². The molecule has 6 rings (SSSR count). The molecule has 0 radical (unpaired) electrons. The average Bonchev–Trinajstić information content (AvgIpc) is 3.71. The van der Waals surface area contributed by atoms with Crippen molar-refractivity contribution in [2.75, 3.05) is 22.5 Å². The van der Waals surface area contributed by atoms with Crippen LogP contribution in [0.1, 0.15) is 44.0 Å². The predicted octanol–water partition coefficient (Wildman–Crippen LogP) is 7.75. The Kier molecular flexibility index (Phi) is 7.64. The van der Waals surface area contributed by atoms with E-state index >= 15 is 0 Å². The van der Waals surface area contributed by atoms with Gasteiger partial charge in [-0.05, 0) is 73.0 Å². The largest absolute Gasteiger partial charge is 0.417 e. The number of alkyl halides is 3. The summed E-state index contributed by atoms with van der Waals surface area (Å²) in [6, 6.07) is 16.6. The minimum atomic E-state index is -4.72. The van der Waals surface area contributed by atoms with Crippen LogP contribution in [0.4, 0.5) is 30.5 Å². The van der Waals surface area contributed by atoms with Gasteiger partial charge in [0.15, 0.2) is 0 Å². The van der Waals surface area contributed by atoms with Crippen LogP contribution in [-0.4, -0.2) is 32.9 Å². The number of carbonyl (C=O) groups excluding carboxylic acids is 2. The lowest BCUT2D eigenvalue weighted by Crippen LogP contribution is -2.19. The van der Waals surface area contributed by atoms with Gasteiger partial charge in [0.2, 0.25) is 5.95 Å². The molecule has 3 aromatic carbocycles. The van der Waals surface area contributed by atoms with Gasteiger partial charge in [0.05, 0.1) is 22.2 Å². The second-order valence-electron chi connectivity index (χ2n) is 10.3. The predicted molar refractivity (Wildman–Crippen MR) is 165 cm³/mol. The smallest absolute Gasteiger partial charge is 0.355 e. The molecule has 12 heteroatoms. The summed E-state index contributed by atoms with van der Waals surface area (Å²) in [4.78, 5) is 34.3. The number of hydrogen-bond acceptors (Lipinski definition) is 4. The number of imidazole rings is 1. The monoisotopic (exact) mass is 618 g/mol. The van der Waals surface area contributed by atoms with E-state index < -0.39 is 29.1 Å². The Morgan fingerprint density at radius 3 is 2.61 bits per heavy atom. The molecular formula is C32H26ClF3N6O2. The fraction of sp³-hybridized carbons (Fsp3) is 0.156. The lowest BCUT2D eigenvalue weighted by atomic mass is 10.1.